The van der Waals surface area contributed by atoms with E-state index in [2.05, 4.69) is 4.98 Å². The van der Waals surface area contributed by atoms with Gasteiger partial charge in [0.25, 0.3) is 5.91 Å². The first-order chi connectivity index (χ1) is 13.5. The molecule has 28 heavy (non-hydrogen) atoms. The highest BCUT2D eigenvalue weighted by Crippen LogP contribution is 2.34. The Kier molecular flexibility index (Phi) is 5.13. The summed E-state index contributed by atoms with van der Waals surface area (Å²) < 4.78 is 1.89. The molecule has 1 aromatic carbocycles. The molecule has 0 bridgehead atoms. The second-order valence-electron chi connectivity index (χ2n) is 7.89. The first-order valence-corrected chi connectivity index (χ1v) is 9.96. The Bertz CT molecular complexity index is 1020. The molecule has 0 saturated carbocycles. The number of likely N-dealkylation sites (tertiary alicyclic amines) is 1. The van der Waals surface area contributed by atoms with Crippen LogP contribution in [0.4, 0.5) is 0 Å². The van der Waals surface area contributed by atoms with Crippen molar-refractivity contribution in [2.75, 3.05) is 19.7 Å². The lowest BCUT2D eigenvalue weighted by Crippen LogP contribution is -2.49. The van der Waals surface area contributed by atoms with Crippen LogP contribution in [0.25, 0.3) is 5.65 Å². The fourth-order valence-corrected chi connectivity index (χ4v) is 4.37. The summed E-state index contributed by atoms with van der Waals surface area (Å²) in [5.41, 5.74) is 3.05. The number of benzene rings is 1. The molecule has 1 saturated heterocycles. The van der Waals surface area contributed by atoms with Crippen molar-refractivity contribution in [3.05, 3.63) is 70.6 Å². The van der Waals surface area contributed by atoms with Gasteiger partial charge in [-0.15, -0.1) is 0 Å². The van der Waals surface area contributed by atoms with Gasteiger partial charge in [-0.3, -0.25) is 4.79 Å². The highest BCUT2D eigenvalue weighted by Gasteiger charge is 2.37. The van der Waals surface area contributed by atoms with Gasteiger partial charge in [-0.1, -0.05) is 29.8 Å². The normalized spacial score (nSPS) is 19.9. The van der Waals surface area contributed by atoms with Gasteiger partial charge >= 0.3 is 0 Å². The summed E-state index contributed by atoms with van der Waals surface area (Å²) >= 11 is 6.12. The van der Waals surface area contributed by atoms with Crippen LogP contribution in [0.5, 0.6) is 0 Å². The van der Waals surface area contributed by atoms with Crippen LogP contribution >= 0.6 is 11.6 Å². The number of hydrogen-bond acceptors (Lipinski definition) is 3. The van der Waals surface area contributed by atoms with Crippen molar-refractivity contribution in [2.45, 2.75) is 26.2 Å². The van der Waals surface area contributed by atoms with Gasteiger partial charge < -0.3 is 14.4 Å². The number of nitrogens with zero attached hydrogens (tertiary/aromatic N) is 3. The Morgan fingerprint density at radius 2 is 2.14 bits per heavy atom. The standard InChI is InChI=1S/C22H24ClN3O2/c1-16-6-7-20-24-19(13-26(20)12-16)21(28)25-9-3-8-22(14-25,15-27)11-17-4-2-5-18(23)10-17/h2,4-7,10,12-13,27H,3,8-9,11,14-15H2,1H3. The van der Waals surface area contributed by atoms with Crippen molar-refractivity contribution >= 4 is 23.2 Å². The second-order valence-corrected chi connectivity index (χ2v) is 8.33. The van der Waals surface area contributed by atoms with Gasteiger partial charge in [0.15, 0.2) is 0 Å². The van der Waals surface area contributed by atoms with Crippen LogP contribution in [0.1, 0.15) is 34.5 Å². The van der Waals surface area contributed by atoms with Crippen LogP contribution in [0.3, 0.4) is 0 Å². The lowest BCUT2D eigenvalue weighted by molar-refractivity contribution is 0.0268. The molecule has 1 amide bonds. The van der Waals surface area contributed by atoms with E-state index >= 15 is 0 Å². The van der Waals surface area contributed by atoms with Crippen molar-refractivity contribution in [1.29, 1.82) is 0 Å². The van der Waals surface area contributed by atoms with Gasteiger partial charge in [-0.25, -0.2) is 4.98 Å². The third kappa shape index (κ3) is 3.77. The number of aromatic nitrogens is 2. The van der Waals surface area contributed by atoms with Crippen molar-refractivity contribution in [3.63, 3.8) is 0 Å². The fourth-order valence-electron chi connectivity index (χ4n) is 4.16. The third-order valence-electron chi connectivity index (χ3n) is 5.57. The molecule has 1 N–H and O–H groups in total. The summed E-state index contributed by atoms with van der Waals surface area (Å²) in [5, 5.41) is 10.9. The SMILES string of the molecule is Cc1ccc2nc(C(=O)N3CCCC(CO)(Cc4cccc(Cl)c4)C3)cn2c1. The number of piperidine rings is 1. The topological polar surface area (TPSA) is 57.8 Å². The highest BCUT2D eigenvalue weighted by atomic mass is 35.5. The molecule has 0 spiro atoms. The minimum absolute atomic E-state index is 0.0354. The maximum atomic E-state index is 13.1. The lowest BCUT2D eigenvalue weighted by atomic mass is 9.75. The van der Waals surface area contributed by atoms with Crippen LogP contribution in [0.2, 0.25) is 5.02 Å². The molecule has 4 rings (SSSR count). The Morgan fingerprint density at radius 3 is 2.93 bits per heavy atom. The molecule has 1 aliphatic heterocycles. The van der Waals surface area contributed by atoms with Gasteiger partial charge in [-0.05, 0) is 55.5 Å². The zero-order valence-electron chi connectivity index (χ0n) is 15.9. The first-order valence-electron chi connectivity index (χ1n) is 9.58. The van der Waals surface area contributed by atoms with E-state index in [4.69, 9.17) is 11.6 Å². The number of hydrogen-bond donors (Lipinski definition) is 1. The molecule has 1 fully saturated rings. The third-order valence-corrected chi connectivity index (χ3v) is 5.81. The smallest absolute Gasteiger partial charge is 0.274 e. The van der Waals surface area contributed by atoms with Gasteiger partial charge in [0, 0.05) is 35.9 Å². The molecular formula is C22H24ClN3O2. The molecule has 3 aromatic rings. The molecule has 3 heterocycles. The monoisotopic (exact) mass is 397 g/mol. The molecule has 5 nitrogen and oxygen atoms in total. The Morgan fingerprint density at radius 1 is 1.29 bits per heavy atom. The second kappa shape index (κ2) is 7.57. The fraction of sp³-hybridized carbons (Fsp3) is 0.364. The zero-order valence-corrected chi connectivity index (χ0v) is 16.7. The molecule has 0 radical (unpaired) electrons. The number of amides is 1. The molecule has 146 valence electrons. The quantitative estimate of drug-likeness (QED) is 0.729. The van der Waals surface area contributed by atoms with Crippen molar-refractivity contribution in [1.82, 2.24) is 14.3 Å². The maximum absolute atomic E-state index is 13.1. The van der Waals surface area contributed by atoms with Gasteiger partial charge in [-0.2, -0.15) is 0 Å². The Balaban J connectivity index is 1.56. The average Bonchev–Trinajstić information content (AvgIpc) is 3.10. The summed E-state index contributed by atoms with van der Waals surface area (Å²) in [4.78, 5) is 19.4. The van der Waals surface area contributed by atoms with Crippen LogP contribution in [-0.4, -0.2) is 45.0 Å². The summed E-state index contributed by atoms with van der Waals surface area (Å²) in [6.07, 6.45) is 6.19. The number of aliphatic hydroxyl groups is 1. The van der Waals surface area contributed by atoms with Crippen molar-refractivity contribution < 1.29 is 9.90 Å². The predicted molar refractivity (Wildman–Crippen MR) is 110 cm³/mol. The summed E-state index contributed by atoms with van der Waals surface area (Å²) in [6, 6.07) is 11.6. The van der Waals surface area contributed by atoms with E-state index in [0.717, 1.165) is 29.6 Å². The minimum atomic E-state index is -0.353. The summed E-state index contributed by atoms with van der Waals surface area (Å²) in [6.45, 7) is 3.25. The van der Waals surface area contributed by atoms with Crippen molar-refractivity contribution in [2.24, 2.45) is 5.41 Å². The number of carbonyl (C=O) groups excluding carboxylic acids is 1. The number of aliphatic hydroxyl groups excluding tert-OH is 1. The average molecular weight is 398 g/mol. The number of fused-ring (bicyclic) bond motifs is 1. The number of aryl methyl sites for hydroxylation is 1. The predicted octanol–water partition coefficient (Wildman–Crippen LogP) is 3.75. The first kappa shape index (κ1) is 19.0. The molecule has 6 heteroatoms. The highest BCUT2D eigenvalue weighted by molar-refractivity contribution is 6.30. The van der Waals surface area contributed by atoms with Gasteiger partial charge in [0.1, 0.15) is 11.3 Å². The summed E-state index contributed by atoms with van der Waals surface area (Å²) in [5.74, 6) is -0.0787. The van der Waals surface area contributed by atoms with Crippen LogP contribution in [-0.2, 0) is 6.42 Å². The van der Waals surface area contributed by atoms with Gasteiger partial charge in [0.2, 0.25) is 0 Å². The zero-order chi connectivity index (χ0) is 19.7. The van der Waals surface area contributed by atoms with Gasteiger partial charge in [0.05, 0.1) is 6.61 Å². The molecule has 1 atom stereocenters. The number of imidazole rings is 1. The van der Waals surface area contributed by atoms with E-state index in [9.17, 15) is 9.90 Å². The van der Waals surface area contributed by atoms with E-state index in [0.29, 0.717) is 30.2 Å². The van der Waals surface area contributed by atoms with Crippen molar-refractivity contribution in [3.8, 4) is 0 Å². The molecule has 2 aromatic heterocycles. The summed E-state index contributed by atoms with van der Waals surface area (Å²) in [7, 11) is 0. The van der Waals surface area contributed by atoms with E-state index in [1.807, 2.05) is 58.8 Å². The Hall–Kier alpha value is -2.37. The largest absolute Gasteiger partial charge is 0.396 e. The molecule has 0 aliphatic carbocycles. The van der Waals surface area contributed by atoms with E-state index in [1.165, 1.54) is 0 Å². The molecule has 1 unspecified atom stereocenters. The number of pyridine rings is 1. The Labute approximate surface area is 169 Å². The number of halogens is 1. The molecule has 1 aliphatic rings. The van der Waals surface area contributed by atoms with Crippen LogP contribution in [0, 0.1) is 12.3 Å². The van der Waals surface area contributed by atoms with E-state index in [-0.39, 0.29) is 17.9 Å². The number of carbonyl (C=O) groups is 1. The van der Waals surface area contributed by atoms with E-state index < -0.39 is 0 Å². The minimum Gasteiger partial charge on any atom is -0.396 e. The van der Waals surface area contributed by atoms with Crippen LogP contribution < -0.4 is 0 Å². The van der Waals surface area contributed by atoms with E-state index in [1.54, 1.807) is 6.20 Å². The molecular weight excluding hydrogens is 374 g/mol. The lowest BCUT2D eigenvalue weighted by Gasteiger charge is -2.41. The maximum Gasteiger partial charge on any atom is 0.274 e. The number of rotatable bonds is 4. The van der Waals surface area contributed by atoms with Crippen LogP contribution in [0.15, 0.2) is 48.8 Å².